The summed E-state index contributed by atoms with van der Waals surface area (Å²) in [5, 5.41) is 6.79. The fourth-order valence-corrected chi connectivity index (χ4v) is 3.95. The summed E-state index contributed by atoms with van der Waals surface area (Å²) in [4.78, 5) is 18.0. The SMILES string of the molecule is c1ccc(-c2csc3nc(C4CC4)nc(NCc4cnc[nH]4)c23)cc1. The normalized spacial score (nSPS) is 14.1. The van der Waals surface area contributed by atoms with Gasteiger partial charge in [-0.15, -0.1) is 11.3 Å². The topological polar surface area (TPSA) is 66.5 Å². The summed E-state index contributed by atoms with van der Waals surface area (Å²) in [6, 6.07) is 10.4. The van der Waals surface area contributed by atoms with Crippen LogP contribution in [0.3, 0.4) is 0 Å². The zero-order chi connectivity index (χ0) is 16.6. The van der Waals surface area contributed by atoms with E-state index in [4.69, 9.17) is 9.97 Å². The van der Waals surface area contributed by atoms with Gasteiger partial charge in [-0.1, -0.05) is 30.3 Å². The van der Waals surface area contributed by atoms with Crippen molar-refractivity contribution in [1.29, 1.82) is 0 Å². The average Bonchev–Trinajstić information content (AvgIpc) is 3.21. The largest absolute Gasteiger partial charge is 0.364 e. The molecule has 1 aliphatic carbocycles. The summed E-state index contributed by atoms with van der Waals surface area (Å²) >= 11 is 1.69. The van der Waals surface area contributed by atoms with E-state index in [1.807, 2.05) is 12.3 Å². The third-order valence-electron chi connectivity index (χ3n) is 4.48. The Kier molecular flexibility index (Phi) is 3.48. The van der Waals surface area contributed by atoms with Gasteiger partial charge < -0.3 is 10.3 Å². The molecule has 0 bridgehead atoms. The fourth-order valence-electron chi connectivity index (χ4n) is 3.00. The van der Waals surface area contributed by atoms with Gasteiger partial charge in [-0.05, 0) is 18.4 Å². The number of benzene rings is 1. The van der Waals surface area contributed by atoms with Crippen LogP contribution in [-0.4, -0.2) is 19.9 Å². The molecule has 3 aromatic heterocycles. The smallest absolute Gasteiger partial charge is 0.139 e. The number of hydrogen-bond donors (Lipinski definition) is 2. The zero-order valence-electron chi connectivity index (χ0n) is 13.6. The molecule has 0 aliphatic heterocycles. The Hall–Kier alpha value is -2.73. The van der Waals surface area contributed by atoms with E-state index in [0.29, 0.717) is 12.5 Å². The molecule has 25 heavy (non-hydrogen) atoms. The molecular weight excluding hydrogens is 330 g/mol. The first-order valence-electron chi connectivity index (χ1n) is 8.44. The van der Waals surface area contributed by atoms with Gasteiger partial charge in [-0.2, -0.15) is 0 Å². The van der Waals surface area contributed by atoms with E-state index in [0.717, 1.165) is 27.6 Å². The lowest BCUT2D eigenvalue weighted by Gasteiger charge is -2.10. The summed E-state index contributed by atoms with van der Waals surface area (Å²) in [6.45, 7) is 0.667. The molecule has 2 N–H and O–H groups in total. The highest BCUT2D eigenvalue weighted by molar-refractivity contribution is 7.17. The minimum atomic E-state index is 0.527. The summed E-state index contributed by atoms with van der Waals surface area (Å²) in [6.07, 6.45) is 5.92. The maximum absolute atomic E-state index is 4.87. The fraction of sp³-hybridized carbons (Fsp3) is 0.211. The lowest BCUT2D eigenvalue weighted by atomic mass is 10.1. The maximum atomic E-state index is 4.87. The first kappa shape index (κ1) is 14.6. The minimum Gasteiger partial charge on any atom is -0.364 e. The average molecular weight is 347 g/mol. The quantitative estimate of drug-likeness (QED) is 0.555. The summed E-state index contributed by atoms with van der Waals surface area (Å²) in [5.74, 6) is 2.42. The van der Waals surface area contributed by atoms with E-state index in [1.165, 1.54) is 24.0 Å². The van der Waals surface area contributed by atoms with Gasteiger partial charge in [0.2, 0.25) is 0 Å². The highest BCUT2D eigenvalue weighted by Gasteiger charge is 2.28. The standard InChI is InChI=1S/C19H17N5S/c1-2-4-12(5-3-1)15-10-25-19-16(15)18(21-9-14-8-20-11-22-14)23-17(24-19)13-6-7-13/h1-5,8,10-11,13H,6-7,9H2,(H,20,22)(H,21,23,24). The molecule has 5 nitrogen and oxygen atoms in total. The van der Waals surface area contributed by atoms with Gasteiger partial charge >= 0.3 is 0 Å². The highest BCUT2D eigenvalue weighted by atomic mass is 32.1. The number of anilines is 1. The predicted octanol–water partition coefficient (Wildman–Crippen LogP) is 4.57. The van der Waals surface area contributed by atoms with Gasteiger partial charge in [0.15, 0.2) is 0 Å². The van der Waals surface area contributed by atoms with Crippen molar-refractivity contribution in [2.75, 3.05) is 5.32 Å². The van der Waals surface area contributed by atoms with Crippen LogP contribution < -0.4 is 5.32 Å². The Balaban J connectivity index is 1.62. The maximum Gasteiger partial charge on any atom is 0.139 e. The van der Waals surface area contributed by atoms with Crippen molar-refractivity contribution in [3.05, 3.63) is 59.8 Å². The predicted molar refractivity (Wildman–Crippen MR) is 101 cm³/mol. The Labute approximate surface area is 149 Å². The van der Waals surface area contributed by atoms with Crippen LogP contribution in [0.2, 0.25) is 0 Å². The molecule has 0 saturated heterocycles. The third kappa shape index (κ3) is 2.78. The Bertz CT molecular complexity index is 1000. The second kappa shape index (κ2) is 5.97. The van der Waals surface area contributed by atoms with Gasteiger partial charge in [-0.3, -0.25) is 0 Å². The van der Waals surface area contributed by atoms with Crippen molar-refractivity contribution in [3.8, 4) is 11.1 Å². The van der Waals surface area contributed by atoms with Gasteiger partial charge in [0, 0.05) is 23.1 Å². The third-order valence-corrected chi connectivity index (χ3v) is 5.35. The number of hydrogen-bond acceptors (Lipinski definition) is 5. The van der Waals surface area contributed by atoms with Crippen LogP contribution in [0, 0.1) is 0 Å². The molecule has 1 aromatic carbocycles. The number of aromatic amines is 1. The molecule has 4 aromatic rings. The number of rotatable bonds is 5. The lowest BCUT2D eigenvalue weighted by molar-refractivity contribution is 0.941. The van der Waals surface area contributed by atoms with Gasteiger partial charge in [0.05, 0.1) is 24.0 Å². The molecule has 0 spiro atoms. The van der Waals surface area contributed by atoms with Crippen molar-refractivity contribution in [3.63, 3.8) is 0 Å². The first-order valence-corrected chi connectivity index (χ1v) is 9.32. The van der Waals surface area contributed by atoms with E-state index in [1.54, 1.807) is 17.7 Å². The molecule has 0 amide bonds. The molecule has 3 heterocycles. The molecule has 0 radical (unpaired) electrons. The molecular formula is C19H17N5S. The van der Waals surface area contributed by atoms with Crippen molar-refractivity contribution in [2.24, 2.45) is 0 Å². The monoisotopic (exact) mass is 347 g/mol. The van der Waals surface area contributed by atoms with Crippen molar-refractivity contribution < 1.29 is 0 Å². The lowest BCUT2D eigenvalue weighted by Crippen LogP contribution is -2.05. The second-order valence-electron chi connectivity index (χ2n) is 6.33. The van der Waals surface area contributed by atoms with E-state index >= 15 is 0 Å². The molecule has 6 heteroatoms. The summed E-state index contributed by atoms with van der Waals surface area (Å²) in [7, 11) is 0. The van der Waals surface area contributed by atoms with Gasteiger partial charge in [0.1, 0.15) is 16.5 Å². The first-order chi connectivity index (χ1) is 12.4. The Morgan fingerprint density at radius 3 is 2.80 bits per heavy atom. The van der Waals surface area contributed by atoms with E-state index < -0.39 is 0 Å². The number of imidazole rings is 1. The molecule has 1 fully saturated rings. The summed E-state index contributed by atoms with van der Waals surface area (Å²) < 4.78 is 0. The van der Waals surface area contributed by atoms with Crippen molar-refractivity contribution in [1.82, 2.24) is 19.9 Å². The van der Waals surface area contributed by atoms with Crippen LogP contribution in [0.25, 0.3) is 21.3 Å². The molecule has 0 unspecified atom stereocenters. The number of fused-ring (bicyclic) bond motifs is 1. The number of H-pyrrole nitrogens is 1. The van der Waals surface area contributed by atoms with Crippen LogP contribution in [0.15, 0.2) is 48.2 Å². The number of nitrogens with one attached hydrogen (secondary N) is 2. The van der Waals surface area contributed by atoms with Gasteiger partial charge in [0.25, 0.3) is 0 Å². The van der Waals surface area contributed by atoms with Crippen LogP contribution in [0.1, 0.15) is 30.3 Å². The molecule has 0 atom stereocenters. The molecule has 124 valence electrons. The van der Waals surface area contributed by atoms with Gasteiger partial charge in [-0.25, -0.2) is 15.0 Å². The van der Waals surface area contributed by atoms with Crippen LogP contribution in [0.4, 0.5) is 5.82 Å². The second-order valence-corrected chi connectivity index (χ2v) is 7.19. The van der Waals surface area contributed by atoms with E-state index in [9.17, 15) is 0 Å². The summed E-state index contributed by atoms with van der Waals surface area (Å²) in [5.41, 5.74) is 3.42. The number of thiophene rings is 1. The van der Waals surface area contributed by atoms with Crippen LogP contribution in [0.5, 0.6) is 0 Å². The molecule has 1 saturated carbocycles. The minimum absolute atomic E-state index is 0.527. The molecule has 5 rings (SSSR count). The Morgan fingerprint density at radius 2 is 2.04 bits per heavy atom. The van der Waals surface area contributed by atoms with Crippen LogP contribution >= 0.6 is 11.3 Å². The van der Waals surface area contributed by atoms with Crippen molar-refractivity contribution >= 4 is 27.4 Å². The highest BCUT2D eigenvalue weighted by Crippen LogP contribution is 2.42. The van der Waals surface area contributed by atoms with E-state index in [2.05, 4.69) is 44.9 Å². The Morgan fingerprint density at radius 1 is 1.16 bits per heavy atom. The number of nitrogens with zero attached hydrogens (tertiary/aromatic N) is 3. The molecule has 1 aliphatic rings. The number of aromatic nitrogens is 4. The van der Waals surface area contributed by atoms with Crippen molar-refractivity contribution in [2.45, 2.75) is 25.3 Å². The zero-order valence-corrected chi connectivity index (χ0v) is 14.4. The van der Waals surface area contributed by atoms with E-state index in [-0.39, 0.29) is 0 Å². The van der Waals surface area contributed by atoms with Crippen LogP contribution in [-0.2, 0) is 6.54 Å².